The number of amides is 2. The van der Waals surface area contributed by atoms with E-state index in [0.717, 1.165) is 16.0 Å². The molecule has 0 radical (unpaired) electrons. The number of fused-ring (bicyclic) bond motifs is 1. The van der Waals surface area contributed by atoms with Gasteiger partial charge in [0, 0.05) is 24.5 Å². The van der Waals surface area contributed by atoms with Gasteiger partial charge in [0.25, 0.3) is 5.91 Å². The van der Waals surface area contributed by atoms with Crippen LogP contribution in [-0.2, 0) is 24.2 Å². The maximum absolute atomic E-state index is 13.6. The third kappa shape index (κ3) is 5.28. The normalized spacial score (nSPS) is 10.9. The van der Waals surface area contributed by atoms with Gasteiger partial charge >= 0.3 is 0 Å². The minimum atomic E-state index is -0.472. The minimum Gasteiger partial charge on any atom is -0.355 e. The van der Waals surface area contributed by atoms with Crippen LogP contribution in [0.15, 0.2) is 48.0 Å². The van der Waals surface area contributed by atoms with Crippen LogP contribution in [0.3, 0.4) is 0 Å². The van der Waals surface area contributed by atoms with E-state index >= 15 is 0 Å². The lowest BCUT2D eigenvalue weighted by atomic mass is 10.3. The number of thiazole rings is 1. The predicted octanol–water partition coefficient (Wildman–Crippen LogP) is 2.38. The van der Waals surface area contributed by atoms with Gasteiger partial charge < -0.3 is 15.6 Å². The first-order valence-electron chi connectivity index (χ1n) is 9.61. The SMILES string of the molecule is O=C(Cc1nc2ccccc2[nH]1)NCCc1nc(C(=O)NCc2ncccc2F)cs1. The molecule has 3 N–H and O–H groups in total. The summed E-state index contributed by atoms with van der Waals surface area (Å²) in [5.41, 5.74) is 2.14. The largest absolute Gasteiger partial charge is 0.355 e. The summed E-state index contributed by atoms with van der Waals surface area (Å²) in [6, 6.07) is 10.4. The average Bonchev–Trinajstić information content (AvgIpc) is 3.39. The predicted molar refractivity (Wildman–Crippen MR) is 114 cm³/mol. The molecule has 158 valence electrons. The van der Waals surface area contributed by atoms with Gasteiger partial charge in [-0.2, -0.15) is 0 Å². The average molecular weight is 438 g/mol. The van der Waals surface area contributed by atoms with Crippen molar-refractivity contribution in [1.29, 1.82) is 0 Å². The number of nitrogens with zero attached hydrogens (tertiary/aromatic N) is 3. The van der Waals surface area contributed by atoms with Crippen LogP contribution in [0.4, 0.5) is 4.39 Å². The van der Waals surface area contributed by atoms with Gasteiger partial charge in [-0.1, -0.05) is 12.1 Å². The number of rotatable bonds is 8. The van der Waals surface area contributed by atoms with E-state index in [1.54, 1.807) is 5.38 Å². The van der Waals surface area contributed by atoms with E-state index < -0.39 is 11.7 Å². The Morgan fingerprint density at radius 1 is 1.10 bits per heavy atom. The maximum Gasteiger partial charge on any atom is 0.271 e. The second-order valence-electron chi connectivity index (χ2n) is 6.72. The number of aromatic nitrogens is 4. The van der Waals surface area contributed by atoms with E-state index in [1.165, 1.54) is 29.7 Å². The molecule has 2 amide bonds. The van der Waals surface area contributed by atoms with Crippen molar-refractivity contribution in [1.82, 2.24) is 30.6 Å². The fourth-order valence-electron chi connectivity index (χ4n) is 2.95. The molecular formula is C21H19FN6O2S. The van der Waals surface area contributed by atoms with Gasteiger partial charge in [0.15, 0.2) is 0 Å². The molecule has 8 nitrogen and oxygen atoms in total. The van der Waals surface area contributed by atoms with Crippen molar-refractivity contribution < 1.29 is 14.0 Å². The topological polar surface area (TPSA) is 113 Å². The summed E-state index contributed by atoms with van der Waals surface area (Å²) in [7, 11) is 0. The number of pyridine rings is 1. The molecule has 0 saturated heterocycles. The number of H-pyrrole nitrogens is 1. The molecule has 0 aliphatic heterocycles. The number of carbonyl (C=O) groups excluding carboxylic acids is 2. The van der Waals surface area contributed by atoms with Crippen LogP contribution in [0.2, 0.25) is 0 Å². The molecule has 0 atom stereocenters. The van der Waals surface area contributed by atoms with Crippen LogP contribution in [0.5, 0.6) is 0 Å². The van der Waals surface area contributed by atoms with Crippen LogP contribution in [0.25, 0.3) is 11.0 Å². The van der Waals surface area contributed by atoms with Crippen molar-refractivity contribution in [3.63, 3.8) is 0 Å². The molecule has 3 heterocycles. The Hall–Kier alpha value is -3.66. The lowest BCUT2D eigenvalue weighted by Gasteiger charge is -2.04. The van der Waals surface area contributed by atoms with Gasteiger partial charge in [0.05, 0.1) is 34.7 Å². The Morgan fingerprint density at radius 3 is 2.81 bits per heavy atom. The smallest absolute Gasteiger partial charge is 0.271 e. The molecule has 0 spiro atoms. The molecule has 0 fully saturated rings. The number of hydrogen-bond acceptors (Lipinski definition) is 6. The molecule has 4 rings (SSSR count). The monoisotopic (exact) mass is 438 g/mol. The molecule has 10 heteroatoms. The molecule has 4 aromatic rings. The second kappa shape index (κ2) is 9.43. The van der Waals surface area contributed by atoms with Gasteiger partial charge in [0.1, 0.15) is 17.3 Å². The van der Waals surface area contributed by atoms with Gasteiger partial charge in [0.2, 0.25) is 5.91 Å². The first-order valence-corrected chi connectivity index (χ1v) is 10.5. The lowest BCUT2D eigenvalue weighted by Crippen LogP contribution is -2.27. The zero-order valence-electron chi connectivity index (χ0n) is 16.4. The molecule has 31 heavy (non-hydrogen) atoms. The van der Waals surface area contributed by atoms with Crippen LogP contribution in [-0.4, -0.2) is 38.3 Å². The van der Waals surface area contributed by atoms with E-state index in [9.17, 15) is 14.0 Å². The first kappa shape index (κ1) is 20.6. The van der Waals surface area contributed by atoms with Crippen LogP contribution < -0.4 is 10.6 Å². The number of halogens is 1. The lowest BCUT2D eigenvalue weighted by molar-refractivity contribution is -0.120. The number of carbonyl (C=O) groups is 2. The Bertz CT molecular complexity index is 1190. The highest BCUT2D eigenvalue weighted by Crippen LogP contribution is 2.12. The number of benzene rings is 1. The van der Waals surface area contributed by atoms with Gasteiger partial charge in [-0.05, 0) is 24.3 Å². The zero-order chi connectivity index (χ0) is 21.6. The van der Waals surface area contributed by atoms with Crippen molar-refractivity contribution in [3.05, 3.63) is 76.0 Å². The second-order valence-corrected chi connectivity index (χ2v) is 7.66. The summed E-state index contributed by atoms with van der Waals surface area (Å²) >= 11 is 1.33. The molecule has 3 aromatic heterocycles. The fraction of sp³-hybridized carbons (Fsp3) is 0.190. The van der Waals surface area contributed by atoms with E-state index in [4.69, 9.17) is 0 Å². The molecule has 0 aliphatic carbocycles. The quantitative estimate of drug-likeness (QED) is 0.391. The van der Waals surface area contributed by atoms with Gasteiger partial charge in [-0.25, -0.2) is 14.4 Å². The minimum absolute atomic E-state index is 0.0176. The highest BCUT2D eigenvalue weighted by molar-refractivity contribution is 7.09. The maximum atomic E-state index is 13.6. The fourth-order valence-corrected chi connectivity index (χ4v) is 3.72. The molecule has 0 saturated carbocycles. The summed E-state index contributed by atoms with van der Waals surface area (Å²) in [5, 5.41) is 7.79. The summed E-state index contributed by atoms with van der Waals surface area (Å²) in [5.74, 6) is -0.413. The Morgan fingerprint density at radius 2 is 1.97 bits per heavy atom. The summed E-state index contributed by atoms with van der Waals surface area (Å²) < 4.78 is 13.6. The summed E-state index contributed by atoms with van der Waals surface area (Å²) in [6.45, 7) is 0.378. The molecule has 0 unspecified atom stereocenters. The molecular weight excluding hydrogens is 419 g/mol. The number of aromatic amines is 1. The highest BCUT2D eigenvalue weighted by Gasteiger charge is 2.13. The van der Waals surface area contributed by atoms with Crippen molar-refractivity contribution in [3.8, 4) is 0 Å². The zero-order valence-corrected chi connectivity index (χ0v) is 17.2. The molecule has 0 bridgehead atoms. The van der Waals surface area contributed by atoms with Gasteiger partial charge in [-0.15, -0.1) is 11.3 Å². The van der Waals surface area contributed by atoms with E-state index in [-0.39, 0.29) is 30.3 Å². The van der Waals surface area contributed by atoms with E-state index in [1.807, 2.05) is 24.3 Å². The Labute approximate surface area is 181 Å². The van der Waals surface area contributed by atoms with Crippen LogP contribution >= 0.6 is 11.3 Å². The summed E-state index contributed by atoms with van der Waals surface area (Å²) in [4.78, 5) is 40.0. The highest BCUT2D eigenvalue weighted by atomic mass is 32.1. The van der Waals surface area contributed by atoms with E-state index in [0.29, 0.717) is 18.8 Å². The first-order chi connectivity index (χ1) is 15.1. The third-order valence-electron chi connectivity index (χ3n) is 4.46. The van der Waals surface area contributed by atoms with Crippen LogP contribution in [0, 0.1) is 5.82 Å². The number of nitrogens with one attached hydrogen (secondary N) is 3. The van der Waals surface area contributed by atoms with Crippen LogP contribution in [0.1, 0.15) is 27.0 Å². The van der Waals surface area contributed by atoms with Crippen molar-refractivity contribution in [2.24, 2.45) is 0 Å². The van der Waals surface area contributed by atoms with E-state index in [2.05, 4.69) is 30.6 Å². The standard InChI is InChI=1S/C21H19FN6O2S/c22-13-4-3-8-23-16(13)11-25-21(30)17-12-31-20(28-17)7-9-24-19(29)10-18-26-14-5-1-2-6-15(14)27-18/h1-6,8,12H,7,9-11H2,(H,24,29)(H,25,30)(H,26,27). The van der Waals surface area contributed by atoms with Crippen molar-refractivity contribution in [2.75, 3.05) is 6.54 Å². The third-order valence-corrected chi connectivity index (χ3v) is 5.37. The van der Waals surface area contributed by atoms with Crippen molar-refractivity contribution in [2.45, 2.75) is 19.4 Å². The molecule has 0 aliphatic rings. The number of hydrogen-bond donors (Lipinski definition) is 3. The van der Waals surface area contributed by atoms with Gasteiger partial charge in [-0.3, -0.25) is 14.6 Å². The number of para-hydroxylation sites is 2. The van der Waals surface area contributed by atoms with Crippen molar-refractivity contribution >= 4 is 34.2 Å². The molecule has 1 aromatic carbocycles. The summed E-state index contributed by atoms with van der Waals surface area (Å²) in [6.07, 6.45) is 2.12. The Kier molecular flexibility index (Phi) is 6.27. The number of imidazole rings is 1. The Balaban J connectivity index is 1.23.